The molecule has 13 heteroatoms. The number of fused-ring (bicyclic) bond motifs is 1. The fourth-order valence-electron chi connectivity index (χ4n) is 6.25. The molecule has 0 fully saturated rings. The van der Waals surface area contributed by atoms with Crippen molar-refractivity contribution in [2.24, 2.45) is 0 Å². The number of anilines is 3. The zero-order valence-electron chi connectivity index (χ0n) is 30.0. The highest BCUT2D eigenvalue weighted by Gasteiger charge is 2.28. The Bertz CT molecular complexity index is 2300. The molecule has 1 aliphatic carbocycles. The van der Waals surface area contributed by atoms with Gasteiger partial charge in [0, 0.05) is 23.2 Å². The summed E-state index contributed by atoms with van der Waals surface area (Å²) in [4.78, 5) is 52.0. The molecule has 278 valence electrons. The quantitative estimate of drug-likeness (QED) is 0.126. The SMILES string of the molecule is COC(=O)c1ccc(CCc2ccc(NC(=O)c3c(NC(=O)c4cccc(S(=O)(=O)N(C)c5ccc(C(=O)OC)cc5)c4)sc4c3CCCC4)cc2)cc1. The Morgan fingerprint density at radius 3 is 1.89 bits per heavy atom. The third-order valence-corrected chi connectivity index (χ3v) is 12.3. The smallest absolute Gasteiger partial charge is 0.337 e. The number of ether oxygens (including phenoxy) is 2. The molecular formula is C41H39N3O8S2. The second-order valence-electron chi connectivity index (χ2n) is 12.7. The third-order valence-electron chi connectivity index (χ3n) is 9.32. The largest absolute Gasteiger partial charge is 0.465 e. The number of esters is 2. The zero-order chi connectivity index (χ0) is 38.4. The predicted molar refractivity (Wildman–Crippen MR) is 208 cm³/mol. The molecule has 0 aliphatic heterocycles. The van der Waals surface area contributed by atoms with Crippen LogP contribution in [0.4, 0.5) is 16.4 Å². The number of nitrogens with zero attached hydrogens (tertiary/aromatic N) is 1. The van der Waals surface area contributed by atoms with Gasteiger partial charge in [-0.2, -0.15) is 0 Å². The molecular weight excluding hydrogens is 727 g/mol. The Kier molecular flexibility index (Phi) is 11.6. The molecule has 0 spiro atoms. The van der Waals surface area contributed by atoms with E-state index in [1.54, 1.807) is 12.1 Å². The maximum Gasteiger partial charge on any atom is 0.337 e. The second-order valence-corrected chi connectivity index (χ2v) is 15.8. The average molecular weight is 766 g/mol. The Hall–Kier alpha value is -5.79. The van der Waals surface area contributed by atoms with Crippen LogP contribution in [0.25, 0.3) is 0 Å². The van der Waals surface area contributed by atoms with Crippen LogP contribution in [0.1, 0.15) is 75.8 Å². The summed E-state index contributed by atoms with van der Waals surface area (Å²) in [5.41, 5.74) is 5.32. The lowest BCUT2D eigenvalue weighted by molar-refractivity contribution is 0.0592. The van der Waals surface area contributed by atoms with E-state index in [1.807, 2.05) is 36.4 Å². The number of methoxy groups -OCH3 is 2. The number of aryl methyl sites for hydroxylation is 3. The minimum absolute atomic E-state index is 0.0990. The van der Waals surface area contributed by atoms with E-state index in [9.17, 15) is 27.6 Å². The van der Waals surface area contributed by atoms with Gasteiger partial charge in [-0.1, -0.05) is 30.3 Å². The van der Waals surface area contributed by atoms with Gasteiger partial charge in [0.1, 0.15) is 5.00 Å². The van der Waals surface area contributed by atoms with Gasteiger partial charge in [-0.15, -0.1) is 11.3 Å². The summed E-state index contributed by atoms with van der Waals surface area (Å²) in [7, 11) is -0.0797. The van der Waals surface area contributed by atoms with E-state index in [1.165, 1.54) is 81.1 Å². The number of rotatable bonds is 12. The van der Waals surface area contributed by atoms with Gasteiger partial charge in [-0.3, -0.25) is 13.9 Å². The summed E-state index contributed by atoms with van der Waals surface area (Å²) < 4.78 is 37.7. The highest BCUT2D eigenvalue weighted by Crippen LogP contribution is 2.39. The van der Waals surface area contributed by atoms with Crippen LogP contribution in [-0.2, 0) is 45.2 Å². The number of amides is 2. The normalized spacial score (nSPS) is 12.3. The molecule has 1 heterocycles. The maximum absolute atomic E-state index is 13.9. The number of benzene rings is 4. The molecule has 11 nitrogen and oxygen atoms in total. The van der Waals surface area contributed by atoms with Crippen LogP contribution in [-0.4, -0.2) is 53.4 Å². The van der Waals surface area contributed by atoms with Crippen molar-refractivity contribution in [2.45, 2.75) is 43.4 Å². The van der Waals surface area contributed by atoms with E-state index in [0.29, 0.717) is 33.9 Å². The van der Waals surface area contributed by atoms with E-state index in [-0.39, 0.29) is 27.9 Å². The number of hydrogen-bond acceptors (Lipinski definition) is 9. The highest BCUT2D eigenvalue weighted by molar-refractivity contribution is 7.92. The highest BCUT2D eigenvalue weighted by atomic mass is 32.2. The van der Waals surface area contributed by atoms with Gasteiger partial charge >= 0.3 is 11.9 Å². The molecule has 0 unspecified atom stereocenters. The van der Waals surface area contributed by atoms with Crippen molar-refractivity contribution < 1.29 is 37.1 Å². The van der Waals surface area contributed by atoms with Gasteiger partial charge in [0.25, 0.3) is 21.8 Å². The van der Waals surface area contributed by atoms with Gasteiger partial charge in [-0.25, -0.2) is 18.0 Å². The lowest BCUT2D eigenvalue weighted by Gasteiger charge is -2.20. The molecule has 1 aromatic heterocycles. The second kappa shape index (κ2) is 16.5. The van der Waals surface area contributed by atoms with Crippen LogP contribution in [0, 0.1) is 0 Å². The van der Waals surface area contributed by atoms with E-state index < -0.39 is 21.9 Å². The van der Waals surface area contributed by atoms with E-state index >= 15 is 0 Å². The van der Waals surface area contributed by atoms with Crippen molar-refractivity contribution in [1.82, 2.24) is 0 Å². The summed E-state index contributed by atoms with van der Waals surface area (Å²) in [6.45, 7) is 0. The summed E-state index contributed by atoms with van der Waals surface area (Å²) in [5, 5.41) is 6.32. The minimum Gasteiger partial charge on any atom is -0.465 e. The molecule has 0 saturated heterocycles. The number of thiophene rings is 1. The number of carbonyl (C=O) groups excluding carboxylic acids is 4. The molecule has 0 atom stereocenters. The zero-order valence-corrected chi connectivity index (χ0v) is 31.6. The van der Waals surface area contributed by atoms with Gasteiger partial charge < -0.3 is 20.1 Å². The van der Waals surface area contributed by atoms with Crippen molar-refractivity contribution in [3.8, 4) is 0 Å². The molecule has 2 amide bonds. The lowest BCUT2D eigenvalue weighted by atomic mass is 9.95. The molecule has 1 aliphatic rings. The van der Waals surface area contributed by atoms with Crippen LogP contribution in [0.15, 0.2) is 102 Å². The first-order chi connectivity index (χ1) is 26.0. The van der Waals surface area contributed by atoms with Crippen molar-refractivity contribution in [2.75, 3.05) is 36.2 Å². The predicted octanol–water partition coefficient (Wildman–Crippen LogP) is 7.32. The Labute approximate surface area is 318 Å². The molecule has 0 saturated carbocycles. The number of hydrogen-bond donors (Lipinski definition) is 2. The molecule has 0 radical (unpaired) electrons. The first-order valence-corrected chi connectivity index (χ1v) is 19.5. The first-order valence-electron chi connectivity index (χ1n) is 17.3. The molecule has 5 aromatic rings. The van der Waals surface area contributed by atoms with Crippen molar-refractivity contribution >= 4 is 61.5 Å². The lowest BCUT2D eigenvalue weighted by Crippen LogP contribution is -2.27. The Morgan fingerprint density at radius 1 is 0.704 bits per heavy atom. The van der Waals surface area contributed by atoms with Crippen LogP contribution in [0.3, 0.4) is 0 Å². The third kappa shape index (κ3) is 8.37. The number of sulfonamides is 1. The fourth-order valence-corrected chi connectivity index (χ4v) is 8.78. The summed E-state index contributed by atoms with van der Waals surface area (Å²) in [5.74, 6) is -1.79. The number of nitrogens with one attached hydrogen (secondary N) is 2. The van der Waals surface area contributed by atoms with Crippen LogP contribution >= 0.6 is 11.3 Å². The van der Waals surface area contributed by atoms with Gasteiger partial charge in [-0.05, 0) is 122 Å². The fraction of sp³-hybridized carbons (Fsp3) is 0.220. The Morgan fingerprint density at radius 2 is 1.28 bits per heavy atom. The topological polar surface area (TPSA) is 148 Å². The monoisotopic (exact) mass is 765 g/mol. The standard InChI is InChI=1S/C41H39N3O8S2/c1-44(32-23-19-29(20-24-32)41(48)52-3)54(49,50)33-8-6-7-30(25-33)37(45)43-39-36(34-9-4-5-10-35(34)53-39)38(46)42-31-21-15-27(16-22-31)12-11-26-13-17-28(18-14-26)40(47)51-2/h6-8,13-25H,4-5,9-12H2,1-3H3,(H,42,46)(H,43,45). The van der Waals surface area contributed by atoms with Crippen molar-refractivity contribution in [3.05, 3.63) is 141 Å². The Balaban J connectivity index is 1.15. The summed E-state index contributed by atoms with van der Waals surface area (Å²) >= 11 is 1.37. The van der Waals surface area contributed by atoms with Gasteiger partial charge in [0.2, 0.25) is 0 Å². The molecule has 4 aromatic carbocycles. The maximum atomic E-state index is 13.9. The number of carbonyl (C=O) groups is 4. The van der Waals surface area contributed by atoms with Crippen molar-refractivity contribution in [3.63, 3.8) is 0 Å². The van der Waals surface area contributed by atoms with E-state index in [4.69, 9.17) is 9.47 Å². The van der Waals surface area contributed by atoms with Crippen molar-refractivity contribution in [1.29, 1.82) is 0 Å². The summed E-state index contributed by atoms with van der Waals surface area (Å²) in [6.07, 6.45) is 4.97. The molecule has 0 bridgehead atoms. The first kappa shape index (κ1) is 38.0. The molecule has 54 heavy (non-hydrogen) atoms. The van der Waals surface area contributed by atoms with Crippen LogP contribution in [0.2, 0.25) is 0 Å². The van der Waals surface area contributed by atoms with Gasteiger partial charge in [0.05, 0.1) is 41.5 Å². The van der Waals surface area contributed by atoms with Gasteiger partial charge in [0.15, 0.2) is 0 Å². The summed E-state index contributed by atoms with van der Waals surface area (Å²) in [6, 6.07) is 26.6. The van der Waals surface area contributed by atoms with Crippen LogP contribution in [0.5, 0.6) is 0 Å². The van der Waals surface area contributed by atoms with E-state index in [2.05, 4.69) is 10.6 Å². The molecule has 6 rings (SSSR count). The van der Waals surface area contributed by atoms with Crippen LogP contribution < -0.4 is 14.9 Å². The average Bonchev–Trinajstić information content (AvgIpc) is 3.57. The minimum atomic E-state index is -4.08. The molecule has 2 N–H and O–H groups in total. The van der Waals surface area contributed by atoms with E-state index in [0.717, 1.165) is 58.0 Å².